The Hall–Kier alpha value is 0.170. The third kappa shape index (κ3) is 12.6. The molecule has 0 saturated heterocycles. The first-order valence-electron chi connectivity index (χ1n) is 6.56. The maximum Gasteiger partial charge on any atom is 0.0898 e. The zero-order valence-electron chi connectivity index (χ0n) is 13.0. The molecular formula is C14H32ClNO2. The number of halogens is 1. The smallest absolute Gasteiger partial charge is 0.0898 e. The van der Waals surface area contributed by atoms with E-state index in [1.807, 2.05) is 13.8 Å². The van der Waals surface area contributed by atoms with Gasteiger partial charge in [-0.05, 0) is 39.5 Å². The van der Waals surface area contributed by atoms with E-state index in [1.165, 1.54) is 0 Å². The Balaban J connectivity index is 0. The third-order valence-electron chi connectivity index (χ3n) is 2.41. The Bertz CT molecular complexity index is 212. The van der Waals surface area contributed by atoms with Gasteiger partial charge in [-0.25, -0.2) is 0 Å². The van der Waals surface area contributed by atoms with E-state index in [0.717, 1.165) is 6.42 Å². The van der Waals surface area contributed by atoms with Crippen LogP contribution in [0.4, 0.5) is 0 Å². The molecule has 0 spiro atoms. The molecule has 0 aromatic carbocycles. The number of ether oxygens (including phenoxy) is 1. The predicted molar refractivity (Wildman–Crippen MR) is 80.5 cm³/mol. The first-order chi connectivity index (χ1) is 7.52. The lowest BCUT2D eigenvalue weighted by molar-refractivity contribution is 0.00319. The van der Waals surface area contributed by atoms with Crippen molar-refractivity contribution in [2.24, 2.45) is 5.41 Å². The summed E-state index contributed by atoms with van der Waals surface area (Å²) in [5.74, 6) is 0. The molecule has 0 aliphatic rings. The number of hydrogen-bond donors (Lipinski definition) is 2. The van der Waals surface area contributed by atoms with Crippen molar-refractivity contribution in [1.29, 1.82) is 0 Å². The Labute approximate surface area is 119 Å². The van der Waals surface area contributed by atoms with Crippen LogP contribution in [0, 0.1) is 5.41 Å². The molecule has 0 heterocycles. The number of β-amino-alcohol motifs (C(OH)–C–C–N with tert-alkyl or cyclic N) is 1. The van der Waals surface area contributed by atoms with E-state index in [9.17, 15) is 5.11 Å². The van der Waals surface area contributed by atoms with Gasteiger partial charge in [0.2, 0.25) is 0 Å². The van der Waals surface area contributed by atoms with Crippen molar-refractivity contribution < 1.29 is 9.84 Å². The minimum absolute atomic E-state index is 0. The molecule has 0 aliphatic carbocycles. The summed E-state index contributed by atoms with van der Waals surface area (Å²) in [7, 11) is 0. The first kappa shape index (κ1) is 20.5. The highest BCUT2D eigenvalue weighted by atomic mass is 35.5. The van der Waals surface area contributed by atoms with Crippen molar-refractivity contribution in [3.8, 4) is 0 Å². The van der Waals surface area contributed by atoms with Crippen molar-refractivity contribution in [3.63, 3.8) is 0 Å². The summed E-state index contributed by atoms with van der Waals surface area (Å²) in [6.07, 6.45) is 0.807. The zero-order chi connectivity index (χ0) is 13.7. The van der Waals surface area contributed by atoms with Crippen molar-refractivity contribution >= 4 is 12.4 Å². The highest BCUT2D eigenvalue weighted by Gasteiger charge is 2.25. The number of nitrogens with one attached hydrogen (secondary N) is 1. The van der Waals surface area contributed by atoms with Crippen LogP contribution in [-0.2, 0) is 4.74 Å². The van der Waals surface area contributed by atoms with Gasteiger partial charge in [0.15, 0.2) is 0 Å². The predicted octanol–water partition coefficient (Wildman–Crippen LogP) is 3.00. The Morgan fingerprint density at radius 2 is 1.61 bits per heavy atom. The van der Waals surface area contributed by atoms with Gasteiger partial charge >= 0.3 is 0 Å². The van der Waals surface area contributed by atoms with E-state index in [2.05, 4.69) is 39.9 Å². The van der Waals surface area contributed by atoms with E-state index in [0.29, 0.717) is 13.2 Å². The molecule has 0 bridgehead atoms. The van der Waals surface area contributed by atoms with Crippen LogP contribution in [0.15, 0.2) is 0 Å². The molecule has 0 aromatic rings. The molecule has 1 atom stereocenters. The number of rotatable bonds is 7. The van der Waals surface area contributed by atoms with Gasteiger partial charge in [-0.2, -0.15) is 0 Å². The number of aliphatic hydroxyl groups excluding tert-OH is 1. The Morgan fingerprint density at radius 1 is 1.11 bits per heavy atom. The van der Waals surface area contributed by atoms with Gasteiger partial charge in [0.05, 0.1) is 18.8 Å². The molecule has 0 rings (SSSR count). The minimum Gasteiger partial charge on any atom is -0.389 e. The monoisotopic (exact) mass is 281 g/mol. The zero-order valence-corrected chi connectivity index (χ0v) is 13.9. The van der Waals surface area contributed by atoms with Crippen LogP contribution in [-0.4, -0.2) is 36.0 Å². The first-order valence-corrected chi connectivity index (χ1v) is 6.56. The second kappa shape index (κ2) is 8.36. The maximum absolute atomic E-state index is 9.77. The van der Waals surface area contributed by atoms with Crippen LogP contribution in [0.2, 0.25) is 0 Å². The fraction of sp³-hybridized carbons (Fsp3) is 1.00. The van der Waals surface area contributed by atoms with Crippen molar-refractivity contribution in [3.05, 3.63) is 0 Å². The van der Waals surface area contributed by atoms with E-state index >= 15 is 0 Å². The van der Waals surface area contributed by atoms with Gasteiger partial charge in [-0.3, -0.25) is 0 Å². The summed E-state index contributed by atoms with van der Waals surface area (Å²) in [5.41, 5.74) is 0.326. The summed E-state index contributed by atoms with van der Waals surface area (Å²) in [6.45, 7) is 16.0. The Morgan fingerprint density at radius 3 is 2.00 bits per heavy atom. The molecule has 112 valence electrons. The summed E-state index contributed by atoms with van der Waals surface area (Å²) in [5, 5.41) is 13.2. The van der Waals surface area contributed by atoms with E-state index in [-0.39, 0.29) is 29.5 Å². The molecule has 18 heavy (non-hydrogen) atoms. The lowest BCUT2D eigenvalue weighted by Crippen LogP contribution is -2.46. The average molecular weight is 282 g/mol. The SMILES string of the molecule is CC(C)OCC(O)CNC(C)(C)CC(C)(C)C.Cl. The molecule has 0 aliphatic heterocycles. The Kier molecular flexibility index (Phi) is 9.52. The van der Waals surface area contributed by atoms with Crippen molar-refractivity contribution in [1.82, 2.24) is 5.32 Å². The third-order valence-corrected chi connectivity index (χ3v) is 2.41. The second-order valence-corrected chi connectivity index (χ2v) is 7.04. The quantitative estimate of drug-likeness (QED) is 0.754. The van der Waals surface area contributed by atoms with Crippen LogP contribution < -0.4 is 5.32 Å². The van der Waals surface area contributed by atoms with Gasteiger partial charge in [0, 0.05) is 12.1 Å². The van der Waals surface area contributed by atoms with Gasteiger partial charge in [-0.15, -0.1) is 12.4 Å². The molecule has 0 saturated carbocycles. The molecule has 0 fully saturated rings. The standard InChI is InChI=1S/C14H31NO2.ClH/c1-11(2)17-9-12(16)8-15-14(6,7)10-13(3,4)5;/h11-12,15-16H,8-10H2,1-7H3;1H. The topological polar surface area (TPSA) is 41.5 Å². The average Bonchev–Trinajstić information content (AvgIpc) is 2.07. The van der Waals surface area contributed by atoms with Gasteiger partial charge in [0.1, 0.15) is 0 Å². The van der Waals surface area contributed by atoms with Crippen LogP contribution in [0.3, 0.4) is 0 Å². The minimum atomic E-state index is -0.434. The fourth-order valence-corrected chi connectivity index (χ4v) is 2.14. The summed E-state index contributed by atoms with van der Waals surface area (Å²) in [6, 6.07) is 0. The van der Waals surface area contributed by atoms with Crippen molar-refractivity contribution in [2.75, 3.05) is 13.2 Å². The van der Waals surface area contributed by atoms with Gasteiger partial charge < -0.3 is 15.2 Å². The second-order valence-electron chi connectivity index (χ2n) is 7.04. The van der Waals surface area contributed by atoms with Gasteiger partial charge in [0.25, 0.3) is 0 Å². The lowest BCUT2D eigenvalue weighted by Gasteiger charge is -2.34. The van der Waals surface area contributed by atoms with Crippen LogP contribution >= 0.6 is 12.4 Å². The molecule has 1 unspecified atom stereocenters. The highest BCUT2D eigenvalue weighted by Crippen LogP contribution is 2.26. The fourth-order valence-electron chi connectivity index (χ4n) is 2.14. The normalized spacial score (nSPS) is 14.5. The molecule has 2 N–H and O–H groups in total. The summed E-state index contributed by atoms with van der Waals surface area (Å²) in [4.78, 5) is 0. The molecule has 4 heteroatoms. The maximum atomic E-state index is 9.77. The van der Waals surface area contributed by atoms with Crippen LogP contribution in [0.5, 0.6) is 0 Å². The van der Waals surface area contributed by atoms with E-state index in [4.69, 9.17) is 4.74 Å². The molecule has 3 nitrogen and oxygen atoms in total. The van der Waals surface area contributed by atoms with E-state index in [1.54, 1.807) is 0 Å². The van der Waals surface area contributed by atoms with Gasteiger partial charge in [-0.1, -0.05) is 20.8 Å². The summed E-state index contributed by atoms with van der Waals surface area (Å²) < 4.78 is 5.38. The van der Waals surface area contributed by atoms with E-state index < -0.39 is 6.10 Å². The summed E-state index contributed by atoms with van der Waals surface area (Å²) >= 11 is 0. The van der Waals surface area contributed by atoms with Crippen molar-refractivity contribution in [2.45, 2.75) is 72.6 Å². The number of hydrogen-bond acceptors (Lipinski definition) is 3. The largest absolute Gasteiger partial charge is 0.389 e. The number of aliphatic hydroxyl groups is 1. The molecule has 0 aromatic heterocycles. The lowest BCUT2D eigenvalue weighted by atomic mass is 9.82. The molecule has 0 radical (unpaired) electrons. The molecular weight excluding hydrogens is 250 g/mol. The van der Waals surface area contributed by atoms with Crippen LogP contribution in [0.25, 0.3) is 0 Å². The highest BCUT2D eigenvalue weighted by molar-refractivity contribution is 5.85. The van der Waals surface area contributed by atoms with Crippen LogP contribution in [0.1, 0.15) is 54.9 Å². The molecule has 0 amide bonds.